The van der Waals surface area contributed by atoms with Crippen molar-refractivity contribution in [2.24, 2.45) is 11.8 Å². The van der Waals surface area contributed by atoms with Crippen molar-refractivity contribution in [1.82, 2.24) is 4.90 Å². The normalized spacial score (nSPS) is 14.3. The van der Waals surface area contributed by atoms with E-state index in [2.05, 4.69) is 0 Å². The first kappa shape index (κ1) is 24.9. The summed E-state index contributed by atoms with van der Waals surface area (Å²) in [6.07, 6.45) is -2.98. The molecule has 33 heavy (non-hydrogen) atoms. The molecule has 3 rings (SSSR count). The Hall–Kier alpha value is -2.75. The molecule has 1 aliphatic carbocycles. The second kappa shape index (κ2) is 9.62. The van der Waals surface area contributed by atoms with Crippen LogP contribution in [0.3, 0.4) is 0 Å². The highest BCUT2D eigenvalue weighted by atomic mass is 32.2. The molecule has 0 heterocycles. The van der Waals surface area contributed by atoms with E-state index in [9.17, 15) is 26.4 Å². The highest BCUT2D eigenvalue weighted by molar-refractivity contribution is 7.87. The minimum atomic E-state index is -4.70. The van der Waals surface area contributed by atoms with Gasteiger partial charge in [0, 0.05) is 19.0 Å². The molecule has 0 aromatic heterocycles. The maximum absolute atomic E-state index is 13.0. The first-order chi connectivity index (χ1) is 15.4. The lowest BCUT2D eigenvalue weighted by Gasteiger charge is -2.25. The molecule has 0 N–H and O–H groups in total. The second-order valence-electron chi connectivity index (χ2n) is 8.44. The Morgan fingerprint density at radius 3 is 2.39 bits per heavy atom. The molecule has 1 amide bonds. The average molecular weight is 486 g/mol. The van der Waals surface area contributed by atoms with Crippen LogP contribution in [0.25, 0.3) is 0 Å². The standard InChI is InChI=1S/C23H26F3NO5S/c1-15(2)13-27(22(28)17-8-9-17)14-16-7-10-20(31-3)21(11-16)32-33(29,30)19-6-4-5-18(12-19)23(24,25)26/h4-7,10-12,15,17H,8-9,13-14H2,1-3H3. The Bertz CT molecular complexity index is 1110. The van der Waals surface area contributed by atoms with Crippen molar-refractivity contribution in [3.63, 3.8) is 0 Å². The van der Waals surface area contributed by atoms with E-state index in [1.54, 1.807) is 11.0 Å². The Morgan fingerprint density at radius 2 is 1.82 bits per heavy atom. The molecule has 0 unspecified atom stereocenters. The van der Waals surface area contributed by atoms with Gasteiger partial charge in [0.1, 0.15) is 4.90 Å². The van der Waals surface area contributed by atoms with Crippen molar-refractivity contribution < 1.29 is 35.3 Å². The van der Waals surface area contributed by atoms with Gasteiger partial charge >= 0.3 is 16.3 Å². The summed E-state index contributed by atoms with van der Waals surface area (Å²) < 4.78 is 74.8. The summed E-state index contributed by atoms with van der Waals surface area (Å²) >= 11 is 0. The summed E-state index contributed by atoms with van der Waals surface area (Å²) in [5, 5.41) is 0. The summed E-state index contributed by atoms with van der Waals surface area (Å²) in [6, 6.07) is 7.94. The van der Waals surface area contributed by atoms with E-state index in [4.69, 9.17) is 8.92 Å². The fraction of sp³-hybridized carbons (Fsp3) is 0.435. The summed E-state index contributed by atoms with van der Waals surface area (Å²) in [6.45, 7) is 4.78. The molecule has 10 heteroatoms. The SMILES string of the molecule is COc1ccc(CN(CC(C)C)C(=O)C2CC2)cc1OS(=O)(=O)c1cccc(C(F)(F)F)c1. The summed E-state index contributed by atoms with van der Waals surface area (Å²) in [5.41, 5.74) is -0.490. The number of carbonyl (C=O) groups excluding carboxylic acids is 1. The molecule has 2 aromatic carbocycles. The van der Waals surface area contributed by atoms with Crippen LogP contribution in [0.5, 0.6) is 11.5 Å². The first-order valence-electron chi connectivity index (χ1n) is 10.5. The Kier molecular flexibility index (Phi) is 7.26. The number of nitrogens with zero attached hydrogens (tertiary/aromatic N) is 1. The third-order valence-electron chi connectivity index (χ3n) is 5.07. The first-order valence-corrected chi connectivity index (χ1v) is 11.9. The summed E-state index contributed by atoms with van der Waals surface area (Å²) in [5.74, 6) is 0.245. The quantitative estimate of drug-likeness (QED) is 0.474. The van der Waals surface area contributed by atoms with Crippen LogP contribution in [0.1, 0.15) is 37.8 Å². The highest BCUT2D eigenvalue weighted by Crippen LogP contribution is 2.35. The van der Waals surface area contributed by atoms with Gasteiger partial charge in [-0.2, -0.15) is 21.6 Å². The van der Waals surface area contributed by atoms with Crippen LogP contribution in [0.15, 0.2) is 47.4 Å². The fourth-order valence-electron chi connectivity index (χ4n) is 3.36. The van der Waals surface area contributed by atoms with Gasteiger partial charge in [-0.25, -0.2) is 0 Å². The van der Waals surface area contributed by atoms with Crippen molar-refractivity contribution in [3.05, 3.63) is 53.6 Å². The number of rotatable bonds is 9. The Morgan fingerprint density at radius 1 is 1.12 bits per heavy atom. The molecule has 0 aliphatic heterocycles. The van der Waals surface area contributed by atoms with E-state index in [1.165, 1.54) is 19.2 Å². The molecule has 1 saturated carbocycles. The number of ether oxygens (including phenoxy) is 1. The number of hydrogen-bond acceptors (Lipinski definition) is 5. The molecule has 0 radical (unpaired) electrons. The molecule has 0 atom stereocenters. The number of hydrogen-bond donors (Lipinski definition) is 0. The van der Waals surface area contributed by atoms with Crippen LogP contribution in [0.4, 0.5) is 13.2 Å². The van der Waals surface area contributed by atoms with Crippen LogP contribution in [-0.2, 0) is 27.6 Å². The van der Waals surface area contributed by atoms with Gasteiger partial charge < -0.3 is 13.8 Å². The van der Waals surface area contributed by atoms with E-state index >= 15 is 0 Å². The molecule has 0 bridgehead atoms. The van der Waals surface area contributed by atoms with Crippen molar-refractivity contribution in [2.75, 3.05) is 13.7 Å². The third-order valence-corrected chi connectivity index (χ3v) is 6.31. The average Bonchev–Trinajstić information content (AvgIpc) is 3.57. The van der Waals surface area contributed by atoms with E-state index < -0.39 is 26.8 Å². The van der Waals surface area contributed by atoms with Crippen LogP contribution >= 0.6 is 0 Å². The molecule has 2 aromatic rings. The highest BCUT2D eigenvalue weighted by Gasteiger charge is 2.34. The van der Waals surface area contributed by atoms with Gasteiger partial charge in [0.15, 0.2) is 11.5 Å². The summed E-state index contributed by atoms with van der Waals surface area (Å²) in [4.78, 5) is 13.8. The monoisotopic (exact) mass is 485 g/mol. The predicted molar refractivity (Wildman–Crippen MR) is 115 cm³/mol. The zero-order valence-electron chi connectivity index (χ0n) is 18.6. The topological polar surface area (TPSA) is 72.9 Å². The van der Waals surface area contributed by atoms with E-state index in [0.717, 1.165) is 31.0 Å². The Labute approximate surface area is 191 Å². The number of halogens is 3. The van der Waals surface area contributed by atoms with E-state index in [-0.39, 0.29) is 35.8 Å². The molecule has 0 spiro atoms. The van der Waals surface area contributed by atoms with Crippen LogP contribution in [0, 0.1) is 11.8 Å². The molecular weight excluding hydrogens is 459 g/mol. The largest absolute Gasteiger partial charge is 0.493 e. The van der Waals surface area contributed by atoms with Gasteiger partial charge in [-0.15, -0.1) is 0 Å². The minimum Gasteiger partial charge on any atom is -0.493 e. The molecule has 180 valence electrons. The van der Waals surface area contributed by atoms with Gasteiger partial charge in [-0.3, -0.25) is 4.79 Å². The van der Waals surface area contributed by atoms with Crippen molar-refractivity contribution in [1.29, 1.82) is 0 Å². The minimum absolute atomic E-state index is 0.0269. The maximum atomic E-state index is 13.0. The predicted octanol–water partition coefficient (Wildman–Crippen LogP) is 4.88. The van der Waals surface area contributed by atoms with Crippen LogP contribution in [0.2, 0.25) is 0 Å². The lowest BCUT2D eigenvalue weighted by Crippen LogP contribution is -2.34. The third kappa shape index (κ3) is 6.40. The molecule has 0 saturated heterocycles. The zero-order valence-corrected chi connectivity index (χ0v) is 19.4. The molecular formula is C23H26F3NO5S. The molecule has 1 fully saturated rings. The van der Waals surface area contributed by atoms with Gasteiger partial charge in [0.2, 0.25) is 5.91 Å². The van der Waals surface area contributed by atoms with Gasteiger partial charge in [0.05, 0.1) is 12.7 Å². The second-order valence-corrected chi connectivity index (χ2v) is 9.98. The lowest BCUT2D eigenvalue weighted by molar-refractivity contribution is -0.137. The van der Waals surface area contributed by atoms with Crippen molar-refractivity contribution in [2.45, 2.75) is 44.3 Å². The number of alkyl halides is 3. The van der Waals surface area contributed by atoms with Crippen molar-refractivity contribution >= 4 is 16.0 Å². The maximum Gasteiger partial charge on any atom is 0.416 e. The van der Waals surface area contributed by atoms with Gasteiger partial charge in [0.25, 0.3) is 0 Å². The zero-order chi connectivity index (χ0) is 24.4. The van der Waals surface area contributed by atoms with E-state index in [0.29, 0.717) is 18.2 Å². The number of benzene rings is 2. The number of carbonyl (C=O) groups is 1. The molecule has 1 aliphatic rings. The van der Waals surface area contributed by atoms with Crippen molar-refractivity contribution in [3.8, 4) is 11.5 Å². The van der Waals surface area contributed by atoms with Crippen LogP contribution in [-0.4, -0.2) is 32.9 Å². The summed E-state index contributed by atoms with van der Waals surface area (Å²) in [7, 11) is -3.25. The lowest BCUT2D eigenvalue weighted by atomic mass is 10.1. The van der Waals surface area contributed by atoms with Crippen LogP contribution < -0.4 is 8.92 Å². The Balaban J connectivity index is 1.88. The van der Waals surface area contributed by atoms with E-state index in [1.807, 2.05) is 13.8 Å². The van der Waals surface area contributed by atoms with Gasteiger partial charge in [-0.1, -0.05) is 26.0 Å². The number of amides is 1. The fourth-order valence-corrected chi connectivity index (χ4v) is 4.34. The van der Waals surface area contributed by atoms with Gasteiger partial charge in [-0.05, 0) is 54.7 Å². The smallest absolute Gasteiger partial charge is 0.416 e. The molecule has 6 nitrogen and oxygen atoms in total. The number of methoxy groups -OCH3 is 1.